The van der Waals surface area contributed by atoms with Gasteiger partial charge in [0.1, 0.15) is 18.9 Å². The maximum absolute atomic E-state index is 13.0. The molecule has 0 aliphatic heterocycles. The van der Waals surface area contributed by atoms with Crippen LogP contribution in [0.15, 0.2) is 78.4 Å². The Morgan fingerprint density at radius 3 is 2.69 bits per heavy atom. The Morgan fingerprint density at radius 2 is 1.97 bits per heavy atom. The summed E-state index contributed by atoms with van der Waals surface area (Å²) in [6, 6.07) is 14.9. The summed E-state index contributed by atoms with van der Waals surface area (Å²) in [7, 11) is 0. The van der Waals surface area contributed by atoms with Crippen molar-refractivity contribution in [2.75, 3.05) is 13.2 Å². The predicted octanol–water partition coefficient (Wildman–Crippen LogP) is 4.44. The second-order valence-corrected chi connectivity index (χ2v) is 6.48. The third kappa shape index (κ3) is 5.19. The van der Waals surface area contributed by atoms with Crippen LogP contribution >= 0.6 is 0 Å². The molecular formula is C23H23N3O3. The van der Waals surface area contributed by atoms with Gasteiger partial charge in [-0.25, -0.2) is 0 Å². The molecule has 0 saturated carbocycles. The van der Waals surface area contributed by atoms with E-state index < -0.39 is 0 Å². The number of aromatic nitrogens is 2. The second-order valence-electron chi connectivity index (χ2n) is 6.48. The molecule has 0 fully saturated rings. The summed E-state index contributed by atoms with van der Waals surface area (Å²) in [6.07, 6.45) is 3.31. The summed E-state index contributed by atoms with van der Waals surface area (Å²) in [4.78, 5) is 19.0. The van der Waals surface area contributed by atoms with Crippen molar-refractivity contribution in [3.05, 3.63) is 90.9 Å². The molecule has 6 nitrogen and oxygen atoms in total. The number of ether oxygens (including phenoxy) is 1. The highest BCUT2D eigenvalue weighted by Gasteiger charge is 2.19. The zero-order valence-electron chi connectivity index (χ0n) is 16.4. The predicted molar refractivity (Wildman–Crippen MR) is 112 cm³/mol. The molecule has 0 N–H and O–H groups in total. The van der Waals surface area contributed by atoms with Gasteiger partial charge >= 0.3 is 0 Å². The Hall–Kier alpha value is -3.67. The topological polar surface area (TPSA) is 68.5 Å². The standard InChI is InChI=1S/C23H23N3O3/c1-4-13-26(23(27)19-7-6-8-20(15-19)28-14-5-2)16-21-24-22(25-29-21)18-11-9-17(3)10-12-18/h4-12,15H,1-2,13-14,16H2,3H3. The zero-order chi connectivity index (χ0) is 20.6. The zero-order valence-corrected chi connectivity index (χ0v) is 16.4. The van der Waals surface area contributed by atoms with Gasteiger partial charge in [-0.05, 0) is 25.1 Å². The van der Waals surface area contributed by atoms with Gasteiger partial charge in [0, 0.05) is 17.7 Å². The van der Waals surface area contributed by atoms with Crippen LogP contribution < -0.4 is 4.74 Å². The van der Waals surface area contributed by atoms with Crippen LogP contribution in [0.2, 0.25) is 0 Å². The summed E-state index contributed by atoms with van der Waals surface area (Å²) in [6.45, 7) is 10.3. The van der Waals surface area contributed by atoms with E-state index in [0.717, 1.165) is 11.1 Å². The van der Waals surface area contributed by atoms with E-state index >= 15 is 0 Å². The highest BCUT2D eigenvalue weighted by Crippen LogP contribution is 2.19. The molecule has 0 unspecified atom stereocenters. The van der Waals surface area contributed by atoms with Crippen LogP contribution in [0.4, 0.5) is 0 Å². The van der Waals surface area contributed by atoms with E-state index in [4.69, 9.17) is 9.26 Å². The van der Waals surface area contributed by atoms with Crippen LogP contribution in [-0.2, 0) is 6.54 Å². The van der Waals surface area contributed by atoms with Gasteiger partial charge in [-0.15, -0.1) is 6.58 Å². The van der Waals surface area contributed by atoms with Crippen molar-refractivity contribution in [3.8, 4) is 17.1 Å². The molecule has 1 amide bonds. The number of rotatable bonds is 9. The molecule has 0 aliphatic rings. The normalized spacial score (nSPS) is 10.4. The largest absolute Gasteiger partial charge is 0.490 e. The van der Waals surface area contributed by atoms with E-state index in [1.807, 2.05) is 31.2 Å². The quantitative estimate of drug-likeness (QED) is 0.506. The number of amides is 1. The molecule has 0 bridgehead atoms. The van der Waals surface area contributed by atoms with Crippen molar-refractivity contribution in [2.45, 2.75) is 13.5 Å². The van der Waals surface area contributed by atoms with Crippen molar-refractivity contribution in [1.29, 1.82) is 0 Å². The fourth-order valence-electron chi connectivity index (χ4n) is 2.73. The summed E-state index contributed by atoms with van der Waals surface area (Å²) >= 11 is 0. The van der Waals surface area contributed by atoms with Crippen LogP contribution in [0, 0.1) is 6.92 Å². The Kier molecular flexibility index (Phi) is 6.58. The van der Waals surface area contributed by atoms with Gasteiger partial charge in [0.2, 0.25) is 11.7 Å². The minimum atomic E-state index is -0.177. The minimum absolute atomic E-state index is 0.177. The van der Waals surface area contributed by atoms with Crippen LogP contribution in [0.1, 0.15) is 21.8 Å². The Bertz CT molecular complexity index is 993. The molecule has 0 atom stereocenters. The van der Waals surface area contributed by atoms with E-state index in [1.54, 1.807) is 41.3 Å². The van der Waals surface area contributed by atoms with E-state index in [1.165, 1.54) is 0 Å². The van der Waals surface area contributed by atoms with Crippen molar-refractivity contribution in [3.63, 3.8) is 0 Å². The maximum Gasteiger partial charge on any atom is 0.254 e. The number of hydrogen-bond acceptors (Lipinski definition) is 5. The van der Waals surface area contributed by atoms with Crippen LogP contribution in [0.3, 0.4) is 0 Å². The molecule has 2 aromatic carbocycles. The number of carbonyl (C=O) groups is 1. The van der Waals surface area contributed by atoms with Gasteiger partial charge in [-0.3, -0.25) is 4.79 Å². The smallest absolute Gasteiger partial charge is 0.254 e. The van der Waals surface area contributed by atoms with Gasteiger partial charge in [0.15, 0.2) is 0 Å². The van der Waals surface area contributed by atoms with Crippen molar-refractivity contribution in [1.82, 2.24) is 15.0 Å². The highest BCUT2D eigenvalue weighted by molar-refractivity contribution is 5.94. The fourth-order valence-corrected chi connectivity index (χ4v) is 2.73. The lowest BCUT2D eigenvalue weighted by Crippen LogP contribution is -2.30. The van der Waals surface area contributed by atoms with E-state index in [-0.39, 0.29) is 12.5 Å². The summed E-state index contributed by atoms with van der Waals surface area (Å²) in [5, 5.41) is 4.03. The molecular weight excluding hydrogens is 366 g/mol. The van der Waals surface area contributed by atoms with E-state index in [2.05, 4.69) is 23.3 Å². The Balaban J connectivity index is 1.76. The van der Waals surface area contributed by atoms with Crippen molar-refractivity contribution < 1.29 is 14.1 Å². The number of carbonyl (C=O) groups excluding carboxylic acids is 1. The fraction of sp³-hybridized carbons (Fsp3) is 0.174. The van der Waals surface area contributed by atoms with Crippen molar-refractivity contribution >= 4 is 5.91 Å². The molecule has 148 valence electrons. The Morgan fingerprint density at radius 1 is 1.17 bits per heavy atom. The van der Waals surface area contributed by atoms with Gasteiger partial charge in [0.05, 0.1) is 0 Å². The van der Waals surface area contributed by atoms with Crippen LogP contribution in [0.5, 0.6) is 5.75 Å². The summed E-state index contributed by atoms with van der Waals surface area (Å²) in [5.74, 6) is 1.28. The highest BCUT2D eigenvalue weighted by atomic mass is 16.5. The lowest BCUT2D eigenvalue weighted by atomic mass is 10.1. The molecule has 3 rings (SSSR count). The first-order valence-electron chi connectivity index (χ1n) is 9.24. The van der Waals surface area contributed by atoms with Crippen LogP contribution in [-0.4, -0.2) is 34.1 Å². The molecule has 29 heavy (non-hydrogen) atoms. The number of hydrogen-bond donors (Lipinski definition) is 0. The first kappa shape index (κ1) is 20.1. The average molecular weight is 389 g/mol. The monoisotopic (exact) mass is 389 g/mol. The minimum Gasteiger partial charge on any atom is -0.490 e. The number of aryl methyl sites for hydroxylation is 1. The SMILES string of the molecule is C=CCOc1cccc(C(=O)N(CC=C)Cc2nc(-c3ccc(C)cc3)no2)c1. The van der Waals surface area contributed by atoms with Gasteiger partial charge < -0.3 is 14.2 Å². The molecule has 3 aromatic rings. The van der Waals surface area contributed by atoms with E-state index in [0.29, 0.717) is 36.2 Å². The van der Waals surface area contributed by atoms with Crippen molar-refractivity contribution in [2.24, 2.45) is 0 Å². The maximum atomic E-state index is 13.0. The Labute approximate surface area is 170 Å². The third-order valence-corrected chi connectivity index (χ3v) is 4.19. The first-order chi connectivity index (χ1) is 14.1. The number of benzene rings is 2. The molecule has 1 heterocycles. The van der Waals surface area contributed by atoms with Gasteiger partial charge in [-0.2, -0.15) is 4.98 Å². The lowest BCUT2D eigenvalue weighted by molar-refractivity contribution is 0.0745. The second kappa shape index (κ2) is 9.50. The average Bonchev–Trinajstić information content (AvgIpc) is 3.20. The summed E-state index contributed by atoms with van der Waals surface area (Å²) in [5.41, 5.74) is 2.52. The van der Waals surface area contributed by atoms with E-state index in [9.17, 15) is 4.79 Å². The number of nitrogens with zero attached hydrogens (tertiary/aromatic N) is 3. The van der Waals surface area contributed by atoms with Gasteiger partial charge in [-0.1, -0.05) is 59.8 Å². The molecule has 0 radical (unpaired) electrons. The molecule has 0 spiro atoms. The lowest BCUT2D eigenvalue weighted by Gasteiger charge is -2.19. The third-order valence-electron chi connectivity index (χ3n) is 4.19. The molecule has 1 aromatic heterocycles. The first-order valence-corrected chi connectivity index (χ1v) is 9.24. The van der Waals surface area contributed by atoms with Crippen LogP contribution in [0.25, 0.3) is 11.4 Å². The molecule has 0 aliphatic carbocycles. The molecule has 6 heteroatoms. The molecule has 0 saturated heterocycles. The summed E-state index contributed by atoms with van der Waals surface area (Å²) < 4.78 is 10.9. The van der Waals surface area contributed by atoms with Gasteiger partial charge in [0.25, 0.3) is 5.91 Å².